The largest absolute Gasteiger partial charge is 0.472 e. The lowest BCUT2D eigenvalue weighted by Gasteiger charge is -2.41. The van der Waals surface area contributed by atoms with E-state index in [1.807, 2.05) is 37.3 Å². The number of hydrogen-bond acceptors (Lipinski definition) is 14. The van der Waals surface area contributed by atoms with Crippen LogP contribution in [-0.2, 0) is 32.7 Å². The minimum Gasteiger partial charge on any atom is -0.462 e. The maximum absolute atomic E-state index is 12.8. The molecule has 0 saturated heterocycles. The van der Waals surface area contributed by atoms with Gasteiger partial charge < -0.3 is 50.1 Å². The predicted octanol–water partition coefficient (Wildman–Crippen LogP) is 7.22. The van der Waals surface area contributed by atoms with E-state index in [9.17, 15) is 54.8 Å². The molecule has 3 unspecified atom stereocenters. The van der Waals surface area contributed by atoms with Crippen LogP contribution in [0.4, 0.5) is 0 Å². The number of carbonyl (C=O) groups is 2. The third-order valence-electron chi connectivity index (χ3n) is 10.4. The van der Waals surface area contributed by atoms with Crippen molar-refractivity contribution in [1.29, 1.82) is 0 Å². The highest BCUT2D eigenvalue weighted by Gasteiger charge is 2.51. The van der Waals surface area contributed by atoms with E-state index >= 15 is 0 Å². The van der Waals surface area contributed by atoms with Crippen LogP contribution in [0.2, 0.25) is 0 Å². The van der Waals surface area contributed by atoms with Gasteiger partial charge in [-0.1, -0.05) is 150 Å². The number of aliphatic hydroxyl groups excluding tert-OH is 7. The number of carbonyl (C=O) groups excluding carboxylic acids is 2. The molecule has 0 radical (unpaired) electrons. The van der Waals surface area contributed by atoms with Gasteiger partial charge in [0.15, 0.2) is 6.10 Å². The Morgan fingerprint density at radius 3 is 1.77 bits per heavy atom. The van der Waals surface area contributed by atoms with Gasteiger partial charge in [0.05, 0.1) is 18.8 Å². The van der Waals surface area contributed by atoms with Crippen molar-refractivity contribution in [3.8, 4) is 0 Å². The number of phosphoric acid groups is 1. The second-order valence-electron chi connectivity index (χ2n) is 16.3. The van der Waals surface area contributed by atoms with Gasteiger partial charge in [0.2, 0.25) is 0 Å². The van der Waals surface area contributed by atoms with Gasteiger partial charge in [0, 0.05) is 12.8 Å². The Labute approximate surface area is 387 Å². The zero-order valence-corrected chi connectivity index (χ0v) is 39.6. The summed E-state index contributed by atoms with van der Waals surface area (Å²) in [7, 11) is -5.18. The molecule has 0 bridgehead atoms. The van der Waals surface area contributed by atoms with Gasteiger partial charge in [-0.2, -0.15) is 0 Å². The van der Waals surface area contributed by atoms with Gasteiger partial charge in [-0.3, -0.25) is 18.6 Å². The molecule has 1 fully saturated rings. The van der Waals surface area contributed by atoms with Crippen molar-refractivity contribution >= 4 is 19.8 Å². The number of hydrogen-bond donors (Lipinski definition) is 8. The monoisotopic (exact) mass is 941 g/mol. The topological polar surface area (TPSA) is 250 Å². The second kappa shape index (κ2) is 38.0. The molecule has 0 heterocycles. The number of rotatable bonds is 37. The molecule has 1 aliphatic rings. The molecule has 8 N–H and O–H groups in total. The van der Waals surface area contributed by atoms with Crippen LogP contribution in [0.25, 0.3) is 0 Å². The highest BCUT2D eigenvalue weighted by atomic mass is 31.2. The SMILES string of the molecule is CC/C=C\C[C@H](O)/C=C/C=C\C/C=C\C=C\[C@H](O)/C=C\CCCC(=O)O[C@H](COC(=O)CCCCCCC/C=C\CCCCCCCC)COP(=O)(O)OC1[C@H](O)[C@H](O)C(O)[C@H](O)[C@H]1O. The van der Waals surface area contributed by atoms with E-state index in [4.69, 9.17) is 18.5 Å². The summed E-state index contributed by atoms with van der Waals surface area (Å²) in [6.07, 6.45) is 28.4. The summed E-state index contributed by atoms with van der Waals surface area (Å²) in [5.74, 6) is -1.30. The van der Waals surface area contributed by atoms with Crippen LogP contribution in [0, 0.1) is 0 Å². The van der Waals surface area contributed by atoms with Crippen LogP contribution in [0.3, 0.4) is 0 Å². The minimum absolute atomic E-state index is 0.0954. The second-order valence-corrected chi connectivity index (χ2v) is 17.7. The highest BCUT2D eigenvalue weighted by molar-refractivity contribution is 7.47. The lowest BCUT2D eigenvalue weighted by atomic mass is 9.85. The molecule has 1 saturated carbocycles. The highest BCUT2D eigenvalue weighted by Crippen LogP contribution is 2.47. The van der Waals surface area contributed by atoms with E-state index < -0.39 is 87.9 Å². The normalized spacial score (nSPS) is 23.2. The Morgan fingerprint density at radius 2 is 1.14 bits per heavy atom. The maximum atomic E-state index is 12.8. The Kier molecular flexibility index (Phi) is 35.0. The quantitative estimate of drug-likeness (QED) is 0.0101. The molecule has 372 valence electrons. The number of ether oxygens (including phenoxy) is 2. The van der Waals surface area contributed by atoms with E-state index in [1.165, 1.54) is 38.5 Å². The van der Waals surface area contributed by atoms with Crippen molar-refractivity contribution in [3.63, 3.8) is 0 Å². The van der Waals surface area contributed by atoms with E-state index in [0.717, 1.165) is 44.9 Å². The average molecular weight is 941 g/mol. The van der Waals surface area contributed by atoms with Crippen molar-refractivity contribution in [2.45, 2.75) is 197 Å². The fourth-order valence-corrected chi connectivity index (χ4v) is 7.52. The van der Waals surface area contributed by atoms with Crippen LogP contribution >= 0.6 is 7.82 Å². The molecular weight excluding hydrogens is 859 g/mol. The minimum atomic E-state index is -5.18. The fourth-order valence-electron chi connectivity index (χ4n) is 6.55. The third-order valence-corrected chi connectivity index (χ3v) is 11.4. The lowest BCUT2D eigenvalue weighted by molar-refractivity contribution is -0.220. The van der Waals surface area contributed by atoms with E-state index in [-0.39, 0.29) is 12.8 Å². The first kappa shape index (κ1) is 60.0. The predicted molar refractivity (Wildman–Crippen MR) is 251 cm³/mol. The van der Waals surface area contributed by atoms with E-state index in [0.29, 0.717) is 32.1 Å². The Hall–Kier alpha value is -3.05. The smallest absolute Gasteiger partial charge is 0.462 e. The molecule has 0 aromatic heterocycles. The number of aliphatic hydroxyl groups is 7. The molecule has 16 heteroatoms. The molecule has 0 aromatic carbocycles. The molecule has 0 aliphatic heterocycles. The van der Waals surface area contributed by atoms with Crippen LogP contribution in [0.5, 0.6) is 0 Å². The molecule has 65 heavy (non-hydrogen) atoms. The van der Waals surface area contributed by atoms with Gasteiger partial charge in [-0.25, -0.2) is 4.57 Å². The van der Waals surface area contributed by atoms with Crippen molar-refractivity contribution in [2.24, 2.45) is 0 Å². The third kappa shape index (κ3) is 30.8. The standard InChI is InChI=1S/C49H81O15P/c1-3-5-7-8-9-10-11-12-13-14-15-16-20-23-29-35-42(52)61-37-41(38-62-65(59,60)64-49-47(57)45(55)44(54)46(56)48(49)58)63-43(53)36-30-24-28-34-40(51)33-27-22-19-17-18-21-26-32-39(50)31-25-6-4-2/h6,12-13,18-19,21-22,25-28,32-34,39-41,44-51,54-58H,3-5,7-11,14-17,20,23-24,29-31,35-38H2,1-2H3,(H,59,60)/b13-12-,21-18-,22-19-,25-6-,32-26+,33-27+,34-28-/t39-,40-,41+,44?,45-,46+,47+,48+,49?/m0/s1. The number of unbranched alkanes of at least 4 members (excludes halogenated alkanes) is 12. The summed E-state index contributed by atoms with van der Waals surface area (Å²) in [5, 5.41) is 70.2. The van der Waals surface area contributed by atoms with Crippen LogP contribution < -0.4 is 0 Å². The maximum Gasteiger partial charge on any atom is 0.472 e. The Bertz CT molecular complexity index is 1490. The molecule has 10 atom stereocenters. The molecule has 1 aliphatic carbocycles. The van der Waals surface area contributed by atoms with Crippen molar-refractivity contribution in [2.75, 3.05) is 13.2 Å². The first-order valence-electron chi connectivity index (χ1n) is 23.6. The summed E-state index contributed by atoms with van der Waals surface area (Å²) in [6, 6.07) is 0. The van der Waals surface area contributed by atoms with Crippen molar-refractivity contribution in [3.05, 3.63) is 85.1 Å². The number of phosphoric ester groups is 1. The van der Waals surface area contributed by atoms with Crippen LogP contribution in [0.15, 0.2) is 85.1 Å². The average Bonchev–Trinajstić information content (AvgIpc) is 3.28. The zero-order chi connectivity index (χ0) is 48.1. The van der Waals surface area contributed by atoms with E-state index in [2.05, 4.69) is 19.1 Å². The molecular formula is C49H81O15P. The summed E-state index contributed by atoms with van der Waals surface area (Å²) >= 11 is 0. The van der Waals surface area contributed by atoms with Gasteiger partial charge in [-0.15, -0.1) is 0 Å². The van der Waals surface area contributed by atoms with Crippen LogP contribution in [0.1, 0.15) is 142 Å². The summed E-state index contributed by atoms with van der Waals surface area (Å²) in [6.45, 7) is 2.93. The van der Waals surface area contributed by atoms with Gasteiger partial charge in [0.1, 0.15) is 43.2 Å². The molecule has 0 spiro atoms. The Morgan fingerprint density at radius 1 is 0.585 bits per heavy atom. The molecule has 15 nitrogen and oxygen atoms in total. The zero-order valence-electron chi connectivity index (χ0n) is 38.7. The first-order chi connectivity index (χ1) is 31.2. The lowest BCUT2D eigenvalue weighted by Crippen LogP contribution is -2.64. The van der Waals surface area contributed by atoms with Gasteiger partial charge >= 0.3 is 19.8 Å². The molecule has 0 aromatic rings. The first-order valence-corrected chi connectivity index (χ1v) is 25.1. The summed E-state index contributed by atoms with van der Waals surface area (Å²) < 4.78 is 33.4. The van der Waals surface area contributed by atoms with Gasteiger partial charge in [0.25, 0.3) is 0 Å². The fraction of sp³-hybridized carbons (Fsp3) is 0.673. The molecule has 0 amide bonds. The number of esters is 2. The van der Waals surface area contributed by atoms with E-state index in [1.54, 1.807) is 42.5 Å². The molecule has 1 rings (SSSR count). The van der Waals surface area contributed by atoms with Gasteiger partial charge in [-0.05, 0) is 64.2 Å². The summed E-state index contributed by atoms with van der Waals surface area (Å²) in [4.78, 5) is 35.7. The van der Waals surface area contributed by atoms with Crippen LogP contribution in [-0.4, -0.2) is 121 Å². The Balaban J connectivity index is 2.58. The van der Waals surface area contributed by atoms with Crippen molar-refractivity contribution in [1.82, 2.24) is 0 Å². The number of allylic oxidation sites excluding steroid dienone is 10. The summed E-state index contributed by atoms with van der Waals surface area (Å²) in [5.41, 5.74) is 0. The van der Waals surface area contributed by atoms with Crippen molar-refractivity contribution < 1.29 is 73.3 Å².